The number of ether oxygens (including phenoxy) is 2. The van der Waals surface area contributed by atoms with Crippen molar-refractivity contribution in [3.8, 4) is 11.5 Å². The molecular weight excluding hydrogens is 333 g/mol. The van der Waals surface area contributed by atoms with Crippen LogP contribution in [0, 0.1) is 15.9 Å². The third-order valence-electron chi connectivity index (χ3n) is 3.28. The minimum atomic E-state index is -0.617. The van der Waals surface area contributed by atoms with Crippen LogP contribution in [0.25, 0.3) is 0 Å². The molecule has 0 fully saturated rings. The molecule has 0 aliphatic carbocycles. The highest BCUT2D eigenvalue weighted by Gasteiger charge is 2.17. The topological polar surface area (TPSA) is 103 Å². The number of hydrogen-bond acceptors (Lipinski definition) is 6. The number of nitrogens with zero attached hydrogens (tertiary/aromatic N) is 1. The lowest BCUT2D eigenvalue weighted by Gasteiger charge is -2.12. The van der Waals surface area contributed by atoms with Crippen LogP contribution in [0.3, 0.4) is 0 Å². The van der Waals surface area contributed by atoms with Gasteiger partial charge in [0.1, 0.15) is 23.0 Å². The maximum atomic E-state index is 13.1. The molecule has 2 rings (SSSR count). The van der Waals surface area contributed by atoms with E-state index in [4.69, 9.17) is 9.47 Å². The van der Waals surface area contributed by atoms with Crippen molar-refractivity contribution < 1.29 is 23.6 Å². The smallest absolute Gasteiger partial charge is 0.296 e. The standard InChI is InChI=1S/C16H16FN3O5/c1-24-11-4-6-12(14(8-11)20(22)23)19-16(21)9-18-13-5-3-10(17)7-15(13)25-2/h3-8,18H,9H2,1-2H3,(H,19,21). The SMILES string of the molecule is COc1ccc(NC(=O)CNc2ccc(F)cc2OC)c([N+](=O)[O-])c1. The van der Waals surface area contributed by atoms with Gasteiger partial charge in [-0.3, -0.25) is 14.9 Å². The van der Waals surface area contributed by atoms with Crippen LogP contribution in [0.5, 0.6) is 11.5 Å². The summed E-state index contributed by atoms with van der Waals surface area (Å²) >= 11 is 0. The second kappa shape index (κ2) is 7.95. The summed E-state index contributed by atoms with van der Waals surface area (Å²) in [6.45, 7) is -0.189. The molecule has 0 heterocycles. The number of methoxy groups -OCH3 is 2. The lowest BCUT2D eigenvalue weighted by Crippen LogP contribution is -2.22. The van der Waals surface area contributed by atoms with E-state index in [9.17, 15) is 19.3 Å². The Bertz CT molecular complexity index is 797. The van der Waals surface area contributed by atoms with Crippen molar-refractivity contribution in [3.63, 3.8) is 0 Å². The second-order valence-corrected chi connectivity index (χ2v) is 4.89. The van der Waals surface area contributed by atoms with E-state index in [0.717, 1.165) is 0 Å². The molecule has 0 aromatic heterocycles. The van der Waals surface area contributed by atoms with Gasteiger partial charge < -0.3 is 20.1 Å². The Hall–Kier alpha value is -3.36. The van der Waals surface area contributed by atoms with Crippen molar-refractivity contribution in [3.05, 3.63) is 52.3 Å². The number of hydrogen-bond donors (Lipinski definition) is 2. The fraction of sp³-hybridized carbons (Fsp3) is 0.188. The summed E-state index contributed by atoms with van der Waals surface area (Å²) in [5.41, 5.74) is 0.180. The van der Waals surface area contributed by atoms with Crippen molar-refractivity contribution in [2.24, 2.45) is 0 Å². The van der Waals surface area contributed by atoms with Gasteiger partial charge in [-0.05, 0) is 24.3 Å². The molecule has 132 valence electrons. The van der Waals surface area contributed by atoms with Crippen LogP contribution in [0.15, 0.2) is 36.4 Å². The average Bonchev–Trinajstić information content (AvgIpc) is 2.60. The molecule has 0 atom stereocenters. The Balaban J connectivity index is 2.07. The van der Waals surface area contributed by atoms with Gasteiger partial charge in [0.05, 0.1) is 37.4 Å². The predicted octanol–water partition coefficient (Wildman–Crippen LogP) is 2.80. The molecule has 2 N–H and O–H groups in total. The van der Waals surface area contributed by atoms with E-state index in [1.165, 1.54) is 50.6 Å². The van der Waals surface area contributed by atoms with Crippen LogP contribution in [0.1, 0.15) is 0 Å². The summed E-state index contributed by atoms with van der Waals surface area (Å²) in [6.07, 6.45) is 0. The van der Waals surface area contributed by atoms with E-state index in [2.05, 4.69) is 10.6 Å². The molecule has 9 heteroatoms. The Labute approximate surface area is 142 Å². The van der Waals surface area contributed by atoms with Crippen molar-refractivity contribution in [1.29, 1.82) is 0 Å². The summed E-state index contributed by atoms with van der Waals surface area (Å²) in [5, 5.41) is 16.3. The monoisotopic (exact) mass is 349 g/mol. The maximum absolute atomic E-state index is 13.1. The molecule has 0 spiro atoms. The van der Waals surface area contributed by atoms with Gasteiger partial charge >= 0.3 is 0 Å². The molecule has 0 aliphatic rings. The normalized spacial score (nSPS) is 10.0. The van der Waals surface area contributed by atoms with Crippen molar-refractivity contribution >= 4 is 23.0 Å². The molecule has 0 bridgehead atoms. The van der Waals surface area contributed by atoms with Crippen molar-refractivity contribution in [2.45, 2.75) is 0 Å². The molecule has 2 aromatic carbocycles. The zero-order valence-electron chi connectivity index (χ0n) is 13.5. The van der Waals surface area contributed by atoms with Gasteiger partial charge in [-0.25, -0.2) is 4.39 Å². The van der Waals surface area contributed by atoms with Gasteiger partial charge in [0.25, 0.3) is 5.69 Å². The van der Waals surface area contributed by atoms with E-state index in [0.29, 0.717) is 11.4 Å². The molecule has 25 heavy (non-hydrogen) atoms. The number of nitro groups is 1. The molecule has 8 nitrogen and oxygen atoms in total. The fourth-order valence-electron chi connectivity index (χ4n) is 2.08. The number of halogens is 1. The number of carbonyl (C=O) groups is 1. The average molecular weight is 349 g/mol. The second-order valence-electron chi connectivity index (χ2n) is 4.89. The maximum Gasteiger partial charge on any atom is 0.296 e. The van der Waals surface area contributed by atoms with E-state index in [1.807, 2.05) is 0 Å². The van der Waals surface area contributed by atoms with Crippen LogP contribution in [0.4, 0.5) is 21.5 Å². The van der Waals surface area contributed by atoms with Gasteiger partial charge in [-0.1, -0.05) is 0 Å². The number of nitro benzene ring substituents is 1. The first-order valence-electron chi connectivity index (χ1n) is 7.14. The predicted molar refractivity (Wildman–Crippen MR) is 89.7 cm³/mol. The Morgan fingerprint density at radius 3 is 2.52 bits per heavy atom. The first kappa shape index (κ1) is 18.0. The van der Waals surface area contributed by atoms with E-state index < -0.39 is 16.6 Å². The number of benzene rings is 2. The van der Waals surface area contributed by atoms with Gasteiger partial charge in [0.2, 0.25) is 5.91 Å². The third kappa shape index (κ3) is 4.56. The zero-order valence-corrected chi connectivity index (χ0v) is 13.5. The molecule has 0 saturated heterocycles. The quantitative estimate of drug-likeness (QED) is 0.588. The minimum absolute atomic E-state index is 0.0451. The summed E-state index contributed by atoms with van der Waals surface area (Å²) in [5.74, 6) is -0.442. The van der Waals surface area contributed by atoms with Crippen LogP contribution in [-0.2, 0) is 4.79 Å². The van der Waals surface area contributed by atoms with E-state index in [1.54, 1.807) is 0 Å². The molecule has 1 amide bonds. The van der Waals surface area contributed by atoms with E-state index >= 15 is 0 Å². The highest BCUT2D eigenvalue weighted by molar-refractivity contribution is 5.96. The van der Waals surface area contributed by atoms with Gasteiger partial charge in [-0.15, -0.1) is 0 Å². The van der Waals surface area contributed by atoms with Gasteiger partial charge in [-0.2, -0.15) is 0 Å². The highest BCUT2D eigenvalue weighted by atomic mass is 19.1. The number of anilines is 2. The fourth-order valence-corrected chi connectivity index (χ4v) is 2.08. The highest BCUT2D eigenvalue weighted by Crippen LogP contribution is 2.29. The third-order valence-corrected chi connectivity index (χ3v) is 3.28. The van der Waals surface area contributed by atoms with Gasteiger partial charge in [0, 0.05) is 6.07 Å². The molecule has 0 unspecified atom stereocenters. The summed E-state index contributed by atoms with van der Waals surface area (Å²) in [6, 6.07) is 7.92. The summed E-state index contributed by atoms with van der Waals surface area (Å²) in [7, 11) is 2.76. The minimum Gasteiger partial charge on any atom is -0.496 e. The first-order chi connectivity index (χ1) is 11.9. The summed E-state index contributed by atoms with van der Waals surface area (Å²) < 4.78 is 23.1. The zero-order chi connectivity index (χ0) is 18.4. The number of carbonyl (C=O) groups excluding carboxylic acids is 1. The first-order valence-corrected chi connectivity index (χ1v) is 7.14. The van der Waals surface area contributed by atoms with Gasteiger partial charge in [0.15, 0.2) is 0 Å². The lowest BCUT2D eigenvalue weighted by molar-refractivity contribution is -0.384. The number of nitrogens with one attached hydrogen (secondary N) is 2. The molecular formula is C16H16FN3O5. The van der Waals surface area contributed by atoms with Crippen LogP contribution >= 0.6 is 0 Å². The van der Waals surface area contributed by atoms with Crippen molar-refractivity contribution in [1.82, 2.24) is 0 Å². The molecule has 0 aliphatic heterocycles. The molecule has 0 radical (unpaired) electrons. The number of rotatable bonds is 7. The Morgan fingerprint density at radius 2 is 1.88 bits per heavy atom. The Kier molecular flexibility index (Phi) is 5.72. The Morgan fingerprint density at radius 1 is 1.16 bits per heavy atom. The van der Waals surface area contributed by atoms with Crippen LogP contribution in [0.2, 0.25) is 0 Å². The largest absolute Gasteiger partial charge is 0.496 e. The van der Waals surface area contributed by atoms with Crippen LogP contribution in [-0.4, -0.2) is 31.6 Å². The van der Waals surface area contributed by atoms with Crippen LogP contribution < -0.4 is 20.1 Å². The lowest BCUT2D eigenvalue weighted by atomic mass is 10.2. The van der Waals surface area contributed by atoms with Crippen molar-refractivity contribution in [2.75, 3.05) is 31.4 Å². The summed E-state index contributed by atoms with van der Waals surface area (Å²) in [4.78, 5) is 22.5. The van der Waals surface area contributed by atoms with E-state index in [-0.39, 0.29) is 23.7 Å². The number of amides is 1. The molecule has 2 aromatic rings. The molecule has 0 saturated carbocycles.